The number of rotatable bonds is 4. The van der Waals surface area contributed by atoms with Gasteiger partial charge in [0.15, 0.2) is 0 Å². The van der Waals surface area contributed by atoms with Crippen LogP contribution in [0.1, 0.15) is 11.4 Å². The molecule has 22 heavy (non-hydrogen) atoms. The van der Waals surface area contributed by atoms with Gasteiger partial charge in [-0.3, -0.25) is 0 Å². The lowest BCUT2D eigenvalue weighted by atomic mass is 10.1. The van der Waals surface area contributed by atoms with E-state index in [1.54, 1.807) is 18.5 Å². The first-order valence-corrected chi connectivity index (χ1v) is 7.65. The number of hydrogen-bond acceptors (Lipinski definition) is 2. The second kappa shape index (κ2) is 6.16. The highest BCUT2D eigenvalue weighted by molar-refractivity contribution is 6.36. The van der Waals surface area contributed by atoms with E-state index in [-0.39, 0.29) is 0 Å². The third-order valence-corrected chi connectivity index (χ3v) is 4.26. The maximum atomic E-state index is 6.29. The molecule has 1 aromatic carbocycles. The molecule has 0 aliphatic rings. The normalized spacial score (nSPS) is 11.1. The van der Waals surface area contributed by atoms with Crippen LogP contribution >= 0.6 is 23.2 Å². The van der Waals surface area contributed by atoms with Crippen LogP contribution in [0.4, 0.5) is 0 Å². The van der Waals surface area contributed by atoms with Crippen LogP contribution in [0, 0.1) is 0 Å². The Morgan fingerprint density at radius 2 is 2.05 bits per heavy atom. The highest BCUT2D eigenvalue weighted by atomic mass is 35.5. The molecule has 4 nitrogen and oxygen atoms in total. The molecule has 0 amide bonds. The van der Waals surface area contributed by atoms with Gasteiger partial charge in [0.25, 0.3) is 0 Å². The number of imidazole rings is 1. The summed E-state index contributed by atoms with van der Waals surface area (Å²) in [6.45, 7) is 1.10. The van der Waals surface area contributed by atoms with Crippen molar-refractivity contribution >= 4 is 23.2 Å². The Hall–Kier alpha value is -1.75. The van der Waals surface area contributed by atoms with Crippen molar-refractivity contribution < 1.29 is 0 Å². The summed E-state index contributed by atoms with van der Waals surface area (Å²) in [6, 6.07) is 9.49. The smallest absolute Gasteiger partial charge is 0.0960 e. The van der Waals surface area contributed by atoms with Gasteiger partial charge in [0.1, 0.15) is 0 Å². The monoisotopic (exact) mass is 334 g/mol. The van der Waals surface area contributed by atoms with E-state index in [1.807, 2.05) is 25.4 Å². The zero-order valence-electron chi connectivity index (χ0n) is 12.1. The van der Waals surface area contributed by atoms with Crippen molar-refractivity contribution in [1.29, 1.82) is 0 Å². The number of halogens is 2. The fourth-order valence-electron chi connectivity index (χ4n) is 2.50. The molecule has 0 saturated carbocycles. The molecule has 0 unspecified atom stereocenters. The zero-order chi connectivity index (χ0) is 15.7. The van der Waals surface area contributed by atoms with Crippen molar-refractivity contribution in [2.45, 2.75) is 13.1 Å². The number of nitrogens with zero attached hydrogens (tertiary/aromatic N) is 3. The average molecular weight is 335 g/mol. The molecular formula is C16H16Cl2N4. The molecule has 2 N–H and O–H groups in total. The third kappa shape index (κ3) is 2.77. The lowest BCUT2D eigenvalue weighted by molar-refractivity contribution is 0.691. The number of hydrogen-bond donors (Lipinski definition) is 1. The minimum absolute atomic E-state index is 0.388. The summed E-state index contributed by atoms with van der Waals surface area (Å²) >= 11 is 12.2. The number of nitrogens with two attached hydrogens (primary N) is 1. The van der Waals surface area contributed by atoms with Crippen LogP contribution in [0.3, 0.4) is 0 Å². The Kier molecular flexibility index (Phi) is 4.25. The van der Waals surface area contributed by atoms with Gasteiger partial charge in [-0.15, -0.1) is 0 Å². The van der Waals surface area contributed by atoms with Crippen molar-refractivity contribution in [3.8, 4) is 11.3 Å². The van der Waals surface area contributed by atoms with Crippen LogP contribution in [-0.4, -0.2) is 14.1 Å². The van der Waals surface area contributed by atoms with Crippen LogP contribution in [0.5, 0.6) is 0 Å². The maximum absolute atomic E-state index is 6.29. The molecule has 114 valence electrons. The summed E-state index contributed by atoms with van der Waals surface area (Å²) < 4.78 is 4.13. The van der Waals surface area contributed by atoms with Crippen molar-refractivity contribution in [3.63, 3.8) is 0 Å². The minimum atomic E-state index is 0.388. The molecule has 2 heterocycles. The summed E-state index contributed by atoms with van der Waals surface area (Å²) in [6.07, 6.45) is 3.82. The van der Waals surface area contributed by atoms with E-state index in [2.05, 4.69) is 20.2 Å². The first kappa shape index (κ1) is 15.2. The highest BCUT2D eigenvalue weighted by Crippen LogP contribution is 2.31. The Morgan fingerprint density at radius 3 is 2.68 bits per heavy atom. The molecule has 0 fully saturated rings. The maximum Gasteiger partial charge on any atom is 0.0960 e. The fourth-order valence-corrected chi connectivity index (χ4v) is 3.00. The number of aromatic nitrogens is 3. The molecule has 0 aliphatic heterocycles. The molecule has 0 atom stereocenters. The van der Waals surface area contributed by atoms with Gasteiger partial charge in [-0.1, -0.05) is 23.2 Å². The van der Waals surface area contributed by atoms with Crippen molar-refractivity contribution in [2.24, 2.45) is 12.8 Å². The van der Waals surface area contributed by atoms with Crippen LogP contribution in [0.25, 0.3) is 11.3 Å². The van der Waals surface area contributed by atoms with Crippen molar-refractivity contribution in [2.75, 3.05) is 0 Å². The molecule has 0 aliphatic carbocycles. The van der Waals surface area contributed by atoms with Crippen LogP contribution in [-0.2, 0) is 20.1 Å². The summed E-state index contributed by atoms with van der Waals surface area (Å²) in [5, 5.41) is 1.18. The molecule has 0 bridgehead atoms. The first-order chi connectivity index (χ1) is 10.6. The lowest BCUT2D eigenvalue weighted by Gasteiger charge is -2.10. The van der Waals surface area contributed by atoms with Gasteiger partial charge in [-0.05, 0) is 30.3 Å². The predicted octanol–water partition coefficient (Wildman–Crippen LogP) is 3.70. The Morgan fingerprint density at radius 1 is 1.23 bits per heavy atom. The molecule has 0 radical (unpaired) electrons. The van der Waals surface area contributed by atoms with E-state index >= 15 is 0 Å². The van der Waals surface area contributed by atoms with Gasteiger partial charge in [0.2, 0.25) is 0 Å². The quantitative estimate of drug-likeness (QED) is 0.790. The SMILES string of the molecule is Cn1cccc1Cn1cnc(-c2ccc(Cl)cc2Cl)c1CN. The molecule has 6 heteroatoms. The van der Waals surface area contributed by atoms with E-state index in [4.69, 9.17) is 28.9 Å². The van der Waals surface area contributed by atoms with Crippen LogP contribution in [0.2, 0.25) is 10.0 Å². The van der Waals surface area contributed by atoms with Gasteiger partial charge < -0.3 is 14.9 Å². The summed E-state index contributed by atoms with van der Waals surface area (Å²) in [5.41, 5.74) is 9.72. The molecule has 0 saturated heterocycles. The van der Waals surface area contributed by atoms with Gasteiger partial charge in [0, 0.05) is 36.1 Å². The summed E-state index contributed by atoms with van der Waals surface area (Å²) in [5.74, 6) is 0. The minimum Gasteiger partial charge on any atom is -0.353 e. The van der Waals surface area contributed by atoms with Gasteiger partial charge in [-0.2, -0.15) is 0 Å². The molecule has 0 spiro atoms. The topological polar surface area (TPSA) is 48.8 Å². The van der Waals surface area contributed by atoms with E-state index in [0.717, 1.165) is 17.0 Å². The van der Waals surface area contributed by atoms with Crippen molar-refractivity contribution in [1.82, 2.24) is 14.1 Å². The Balaban J connectivity index is 2.02. The predicted molar refractivity (Wildman–Crippen MR) is 90.1 cm³/mol. The van der Waals surface area contributed by atoms with Gasteiger partial charge in [0.05, 0.1) is 29.3 Å². The highest BCUT2D eigenvalue weighted by Gasteiger charge is 2.15. The van der Waals surface area contributed by atoms with E-state index in [9.17, 15) is 0 Å². The summed E-state index contributed by atoms with van der Waals surface area (Å²) in [7, 11) is 2.02. The molecular weight excluding hydrogens is 319 g/mol. The lowest BCUT2D eigenvalue weighted by Crippen LogP contribution is -2.10. The average Bonchev–Trinajstić information content (AvgIpc) is 3.06. The first-order valence-electron chi connectivity index (χ1n) is 6.90. The number of aryl methyl sites for hydroxylation is 1. The molecule has 3 rings (SSSR count). The zero-order valence-corrected chi connectivity index (χ0v) is 13.6. The molecule has 3 aromatic rings. The van der Waals surface area contributed by atoms with Crippen molar-refractivity contribution in [3.05, 3.63) is 64.3 Å². The largest absolute Gasteiger partial charge is 0.353 e. The second-order valence-electron chi connectivity index (χ2n) is 5.11. The van der Waals surface area contributed by atoms with Crippen LogP contribution < -0.4 is 5.73 Å². The fraction of sp³-hybridized carbons (Fsp3) is 0.188. The standard InChI is InChI=1S/C16H16Cl2N4/c1-21-6-2-3-12(21)9-22-10-20-16(15(22)8-19)13-5-4-11(17)7-14(13)18/h2-7,10H,8-9,19H2,1H3. The Labute approximate surface area is 139 Å². The van der Waals surface area contributed by atoms with Crippen LogP contribution in [0.15, 0.2) is 42.9 Å². The van der Waals surface area contributed by atoms with E-state index < -0.39 is 0 Å². The van der Waals surface area contributed by atoms with E-state index in [1.165, 1.54) is 5.69 Å². The van der Waals surface area contributed by atoms with Gasteiger partial charge in [-0.25, -0.2) is 4.98 Å². The summed E-state index contributed by atoms with van der Waals surface area (Å²) in [4.78, 5) is 4.50. The third-order valence-electron chi connectivity index (χ3n) is 3.71. The number of benzene rings is 1. The molecule has 2 aromatic heterocycles. The van der Waals surface area contributed by atoms with E-state index in [0.29, 0.717) is 23.1 Å². The Bertz CT molecular complexity index is 804. The van der Waals surface area contributed by atoms with Gasteiger partial charge >= 0.3 is 0 Å². The second-order valence-corrected chi connectivity index (χ2v) is 5.95.